The molecule has 3 heterocycles. The Kier molecular flexibility index (Phi) is 3.69. The van der Waals surface area contributed by atoms with Crippen molar-refractivity contribution < 1.29 is 9.47 Å². The van der Waals surface area contributed by atoms with E-state index in [1.807, 2.05) is 18.5 Å². The molecule has 4 heteroatoms. The lowest BCUT2D eigenvalue weighted by Crippen LogP contribution is -2.24. The summed E-state index contributed by atoms with van der Waals surface area (Å²) in [5.41, 5.74) is 2.58. The Labute approximate surface area is 130 Å². The molecule has 0 N–H and O–H groups in total. The molecule has 0 amide bonds. The van der Waals surface area contributed by atoms with E-state index in [1.165, 1.54) is 24.0 Å². The minimum atomic E-state index is 0.407. The van der Waals surface area contributed by atoms with Crippen molar-refractivity contribution >= 4 is 0 Å². The minimum absolute atomic E-state index is 0.407. The lowest BCUT2D eigenvalue weighted by molar-refractivity contribution is 0.163. The smallest absolute Gasteiger partial charge is 0.166 e. The highest BCUT2D eigenvalue weighted by molar-refractivity contribution is 5.49. The number of para-hydroxylation sites is 1. The number of pyridine rings is 1. The Bertz CT molecular complexity index is 645. The van der Waals surface area contributed by atoms with E-state index >= 15 is 0 Å². The van der Waals surface area contributed by atoms with Crippen LogP contribution in [0.2, 0.25) is 0 Å². The second-order valence-electron chi connectivity index (χ2n) is 5.86. The molecule has 2 aromatic rings. The number of nitrogens with zero attached hydrogens (tertiary/aromatic N) is 2. The van der Waals surface area contributed by atoms with Gasteiger partial charge >= 0.3 is 0 Å². The Hall–Kier alpha value is -2.07. The van der Waals surface area contributed by atoms with Gasteiger partial charge in [-0.15, -0.1) is 0 Å². The summed E-state index contributed by atoms with van der Waals surface area (Å²) in [5, 5.41) is 0. The van der Waals surface area contributed by atoms with Gasteiger partial charge in [0.05, 0.1) is 0 Å². The second kappa shape index (κ2) is 5.97. The van der Waals surface area contributed by atoms with Crippen LogP contribution in [0, 0.1) is 0 Å². The van der Waals surface area contributed by atoms with Crippen LogP contribution in [0.5, 0.6) is 11.5 Å². The molecule has 0 saturated carbocycles. The van der Waals surface area contributed by atoms with Crippen LogP contribution < -0.4 is 9.47 Å². The van der Waals surface area contributed by atoms with Gasteiger partial charge in [0.15, 0.2) is 11.5 Å². The van der Waals surface area contributed by atoms with Crippen molar-refractivity contribution in [2.45, 2.75) is 25.4 Å². The van der Waals surface area contributed by atoms with Crippen LogP contribution >= 0.6 is 0 Å². The van der Waals surface area contributed by atoms with E-state index in [1.54, 1.807) is 0 Å². The first-order valence-electron chi connectivity index (χ1n) is 7.93. The molecule has 2 aliphatic rings. The number of fused-ring (bicyclic) bond motifs is 1. The summed E-state index contributed by atoms with van der Waals surface area (Å²) in [6.45, 7) is 3.36. The molecule has 22 heavy (non-hydrogen) atoms. The van der Waals surface area contributed by atoms with Crippen LogP contribution in [-0.2, 0) is 6.54 Å². The van der Waals surface area contributed by atoms with Crippen LogP contribution in [0.15, 0.2) is 42.7 Å². The van der Waals surface area contributed by atoms with E-state index < -0.39 is 0 Å². The molecule has 4 rings (SSSR count). The van der Waals surface area contributed by atoms with Gasteiger partial charge in [0, 0.05) is 30.5 Å². The molecule has 1 unspecified atom stereocenters. The Balaban J connectivity index is 1.61. The molecular weight excluding hydrogens is 276 g/mol. The fourth-order valence-electron chi connectivity index (χ4n) is 3.45. The topological polar surface area (TPSA) is 34.6 Å². The van der Waals surface area contributed by atoms with Gasteiger partial charge in [-0.25, -0.2) is 0 Å². The van der Waals surface area contributed by atoms with Gasteiger partial charge in [-0.1, -0.05) is 12.1 Å². The highest BCUT2D eigenvalue weighted by atomic mass is 16.6. The number of ether oxygens (including phenoxy) is 2. The molecule has 1 saturated heterocycles. The molecule has 1 atom stereocenters. The van der Waals surface area contributed by atoms with Crippen LogP contribution in [0.4, 0.5) is 0 Å². The molecule has 2 aliphatic heterocycles. The van der Waals surface area contributed by atoms with Crippen LogP contribution in [0.1, 0.15) is 30.0 Å². The number of rotatable bonds is 3. The average molecular weight is 296 g/mol. The van der Waals surface area contributed by atoms with E-state index in [0.29, 0.717) is 19.3 Å². The predicted molar refractivity (Wildman–Crippen MR) is 84.1 cm³/mol. The number of hydrogen-bond donors (Lipinski definition) is 0. The fraction of sp³-hybridized carbons (Fsp3) is 0.389. The molecular formula is C18H20N2O2. The van der Waals surface area contributed by atoms with Gasteiger partial charge in [0.1, 0.15) is 13.2 Å². The van der Waals surface area contributed by atoms with Gasteiger partial charge in [-0.3, -0.25) is 9.88 Å². The van der Waals surface area contributed by atoms with Crippen molar-refractivity contribution in [2.75, 3.05) is 19.8 Å². The maximum atomic E-state index is 5.90. The summed E-state index contributed by atoms with van der Waals surface area (Å²) in [5.74, 6) is 1.83. The van der Waals surface area contributed by atoms with E-state index in [2.05, 4.69) is 34.1 Å². The summed E-state index contributed by atoms with van der Waals surface area (Å²) in [4.78, 5) is 6.63. The Morgan fingerprint density at radius 2 is 1.95 bits per heavy atom. The molecule has 1 aromatic carbocycles. The van der Waals surface area contributed by atoms with E-state index in [-0.39, 0.29) is 0 Å². The number of likely N-dealkylation sites (tertiary alicyclic amines) is 1. The van der Waals surface area contributed by atoms with Crippen LogP contribution in [0.25, 0.3) is 0 Å². The number of aromatic nitrogens is 1. The minimum Gasteiger partial charge on any atom is -0.486 e. The number of hydrogen-bond acceptors (Lipinski definition) is 4. The third kappa shape index (κ3) is 2.55. The first-order chi connectivity index (χ1) is 10.9. The molecule has 0 radical (unpaired) electrons. The lowest BCUT2D eigenvalue weighted by Gasteiger charge is -2.28. The highest BCUT2D eigenvalue weighted by Crippen LogP contribution is 2.43. The van der Waals surface area contributed by atoms with Crippen molar-refractivity contribution in [1.29, 1.82) is 0 Å². The monoisotopic (exact) mass is 296 g/mol. The Morgan fingerprint density at radius 1 is 1.09 bits per heavy atom. The van der Waals surface area contributed by atoms with Crippen molar-refractivity contribution in [3.8, 4) is 11.5 Å². The highest BCUT2D eigenvalue weighted by Gasteiger charge is 2.30. The molecule has 0 bridgehead atoms. The second-order valence-corrected chi connectivity index (χ2v) is 5.86. The standard InChI is InChI=1S/C18H20N2O2/c1-3-15(18-17(5-1)21-11-12-22-18)16-4-2-10-20(16)13-14-6-8-19-9-7-14/h1,3,5-9,16H,2,4,10-13H2. The predicted octanol–water partition coefficient (Wildman–Crippen LogP) is 3.19. The molecule has 4 nitrogen and oxygen atoms in total. The van der Waals surface area contributed by atoms with E-state index in [4.69, 9.17) is 9.47 Å². The summed E-state index contributed by atoms with van der Waals surface area (Å²) < 4.78 is 11.6. The van der Waals surface area contributed by atoms with Crippen molar-refractivity contribution in [2.24, 2.45) is 0 Å². The Morgan fingerprint density at radius 3 is 2.86 bits per heavy atom. The first kappa shape index (κ1) is 13.6. The first-order valence-corrected chi connectivity index (χ1v) is 7.93. The fourth-order valence-corrected chi connectivity index (χ4v) is 3.45. The maximum absolute atomic E-state index is 5.90. The summed E-state index contributed by atoms with van der Waals surface area (Å²) in [6, 6.07) is 10.9. The zero-order valence-electron chi connectivity index (χ0n) is 12.6. The lowest BCUT2D eigenvalue weighted by atomic mass is 10.0. The third-order valence-corrected chi connectivity index (χ3v) is 4.45. The zero-order chi connectivity index (χ0) is 14.8. The SMILES string of the molecule is c1cc2c(c(C3CCCN3Cc3ccncc3)c1)OCCO2. The molecule has 0 spiro atoms. The molecule has 0 aliphatic carbocycles. The molecule has 1 fully saturated rings. The van der Waals surface area contributed by atoms with Gasteiger partial charge in [-0.05, 0) is 43.1 Å². The van der Waals surface area contributed by atoms with E-state index in [0.717, 1.165) is 24.6 Å². The maximum Gasteiger partial charge on any atom is 0.166 e. The normalized spacial score (nSPS) is 21.0. The summed E-state index contributed by atoms with van der Waals surface area (Å²) in [7, 11) is 0. The van der Waals surface area contributed by atoms with Gasteiger partial charge in [0.25, 0.3) is 0 Å². The zero-order valence-corrected chi connectivity index (χ0v) is 12.6. The van der Waals surface area contributed by atoms with Gasteiger partial charge in [-0.2, -0.15) is 0 Å². The molecule has 1 aromatic heterocycles. The van der Waals surface area contributed by atoms with Gasteiger partial charge < -0.3 is 9.47 Å². The van der Waals surface area contributed by atoms with Crippen LogP contribution in [0.3, 0.4) is 0 Å². The van der Waals surface area contributed by atoms with Crippen molar-refractivity contribution in [3.63, 3.8) is 0 Å². The third-order valence-electron chi connectivity index (χ3n) is 4.45. The van der Waals surface area contributed by atoms with Gasteiger partial charge in [0.2, 0.25) is 0 Å². The summed E-state index contributed by atoms with van der Waals surface area (Å²) >= 11 is 0. The molecule has 114 valence electrons. The summed E-state index contributed by atoms with van der Waals surface area (Å²) in [6.07, 6.45) is 6.12. The number of benzene rings is 1. The largest absolute Gasteiger partial charge is 0.486 e. The van der Waals surface area contributed by atoms with Crippen LogP contribution in [-0.4, -0.2) is 29.6 Å². The quantitative estimate of drug-likeness (QED) is 0.871. The van der Waals surface area contributed by atoms with E-state index in [9.17, 15) is 0 Å². The average Bonchev–Trinajstić information content (AvgIpc) is 3.03. The van der Waals surface area contributed by atoms with Crippen molar-refractivity contribution in [3.05, 3.63) is 53.9 Å². The van der Waals surface area contributed by atoms with Crippen molar-refractivity contribution in [1.82, 2.24) is 9.88 Å².